The number of thiophene rings is 2. The number of hydrogen-bond acceptors (Lipinski definition) is 9. The van der Waals surface area contributed by atoms with Gasteiger partial charge in [0.2, 0.25) is 0 Å². The number of aryl methyl sites for hydroxylation is 2. The number of benzene rings is 1. The van der Waals surface area contributed by atoms with Crippen LogP contribution in [0.4, 0.5) is 5.00 Å². The topological polar surface area (TPSA) is 124 Å². The van der Waals surface area contributed by atoms with E-state index in [4.69, 9.17) is 10.5 Å². The van der Waals surface area contributed by atoms with Crippen LogP contribution in [0, 0.1) is 13.8 Å². The van der Waals surface area contributed by atoms with Crippen molar-refractivity contribution in [2.24, 2.45) is 5.73 Å². The maximum Gasteiger partial charge on any atom is 0.339 e. The Balaban J connectivity index is 1.48. The number of ether oxygens (including phenoxy) is 1. The molecule has 3 aromatic heterocycles. The number of esters is 1. The molecular weight excluding hydrogens is 480 g/mol. The predicted molar refractivity (Wildman–Crippen MR) is 129 cm³/mol. The average Bonchev–Trinajstić information content (AvgIpc) is 3.37. The van der Waals surface area contributed by atoms with Crippen LogP contribution < -0.4 is 11.1 Å². The molecule has 8 nitrogen and oxygen atoms in total. The number of carbonyl (C=O) groups is 3. The predicted octanol–water partition coefficient (Wildman–Crippen LogP) is 4.42. The first-order valence-electron chi connectivity index (χ1n) is 9.67. The molecule has 0 spiro atoms. The van der Waals surface area contributed by atoms with Gasteiger partial charge in [-0.3, -0.25) is 9.59 Å². The summed E-state index contributed by atoms with van der Waals surface area (Å²) in [7, 11) is 0. The van der Waals surface area contributed by atoms with Crippen LogP contribution >= 0.6 is 34.4 Å². The van der Waals surface area contributed by atoms with Crippen LogP contribution in [0.3, 0.4) is 0 Å². The van der Waals surface area contributed by atoms with E-state index < -0.39 is 24.4 Å². The molecule has 2 amide bonds. The van der Waals surface area contributed by atoms with Crippen molar-refractivity contribution in [1.29, 1.82) is 0 Å². The van der Waals surface area contributed by atoms with Gasteiger partial charge in [0, 0.05) is 15.2 Å². The Bertz CT molecular complexity index is 1380. The first kappa shape index (κ1) is 22.9. The lowest BCUT2D eigenvalue weighted by molar-refractivity contribution is -0.119. The highest BCUT2D eigenvalue weighted by Gasteiger charge is 2.19. The minimum Gasteiger partial charge on any atom is -0.452 e. The highest BCUT2D eigenvalue weighted by molar-refractivity contribution is 7.99. The van der Waals surface area contributed by atoms with Gasteiger partial charge in [-0.25, -0.2) is 14.8 Å². The van der Waals surface area contributed by atoms with Crippen LogP contribution in [-0.4, -0.2) is 34.4 Å². The second-order valence-corrected chi connectivity index (χ2v) is 10.0. The second-order valence-electron chi connectivity index (χ2n) is 6.89. The molecule has 33 heavy (non-hydrogen) atoms. The Morgan fingerprint density at radius 3 is 2.70 bits per heavy atom. The number of rotatable bonds is 7. The zero-order chi connectivity index (χ0) is 23.5. The van der Waals surface area contributed by atoms with Crippen molar-refractivity contribution >= 4 is 67.4 Å². The average molecular weight is 499 g/mol. The van der Waals surface area contributed by atoms with E-state index in [1.165, 1.54) is 24.2 Å². The summed E-state index contributed by atoms with van der Waals surface area (Å²) >= 11 is 4.10. The Hall–Kier alpha value is -3.28. The first-order chi connectivity index (χ1) is 15.8. The fraction of sp³-hybridized carbons (Fsp3) is 0.136. The van der Waals surface area contributed by atoms with Gasteiger partial charge >= 0.3 is 5.97 Å². The zero-order valence-corrected chi connectivity index (χ0v) is 20.0. The van der Waals surface area contributed by atoms with Crippen LogP contribution in [0.1, 0.15) is 31.2 Å². The van der Waals surface area contributed by atoms with Crippen LogP contribution in [0.25, 0.3) is 10.2 Å². The summed E-state index contributed by atoms with van der Waals surface area (Å²) in [6.07, 6.45) is 1.51. The fourth-order valence-electron chi connectivity index (χ4n) is 3.03. The molecule has 4 rings (SSSR count). The van der Waals surface area contributed by atoms with E-state index in [1.54, 1.807) is 34.9 Å². The summed E-state index contributed by atoms with van der Waals surface area (Å²) in [5, 5.41) is 6.20. The van der Waals surface area contributed by atoms with Gasteiger partial charge in [0.1, 0.15) is 21.2 Å². The van der Waals surface area contributed by atoms with E-state index in [2.05, 4.69) is 15.3 Å². The maximum absolute atomic E-state index is 12.8. The van der Waals surface area contributed by atoms with Crippen molar-refractivity contribution in [2.75, 3.05) is 11.9 Å². The molecule has 0 bridgehead atoms. The minimum atomic E-state index is -0.649. The highest BCUT2D eigenvalue weighted by Crippen LogP contribution is 2.38. The van der Waals surface area contributed by atoms with Crippen molar-refractivity contribution < 1.29 is 19.1 Å². The summed E-state index contributed by atoms with van der Waals surface area (Å²) in [5.74, 6) is -1.86. The highest BCUT2D eigenvalue weighted by atomic mass is 32.2. The number of nitrogens with one attached hydrogen (secondary N) is 1. The lowest BCUT2D eigenvalue weighted by Crippen LogP contribution is -2.22. The van der Waals surface area contributed by atoms with Crippen molar-refractivity contribution in [1.82, 2.24) is 9.97 Å². The number of amides is 2. The van der Waals surface area contributed by atoms with E-state index in [0.717, 1.165) is 37.0 Å². The second kappa shape index (κ2) is 9.69. The van der Waals surface area contributed by atoms with Crippen LogP contribution in [-0.2, 0) is 9.53 Å². The molecule has 0 aliphatic rings. The smallest absolute Gasteiger partial charge is 0.339 e. The molecule has 0 fully saturated rings. The number of hydrogen-bond donors (Lipinski definition) is 2. The molecule has 0 saturated heterocycles. The molecule has 11 heteroatoms. The minimum absolute atomic E-state index is 0.205. The van der Waals surface area contributed by atoms with Crippen LogP contribution in [0.15, 0.2) is 52.0 Å². The lowest BCUT2D eigenvalue weighted by Gasteiger charge is -2.10. The van der Waals surface area contributed by atoms with E-state index in [-0.39, 0.29) is 5.56 Å². The number of nitrogens with two attached hydrogens (primary N) is 1. The largest absolute Gasteiger partial charge is 0.452 e. The van der Waals surface area contributed by atoms with Crippen LogP contribution in [0.5, 0.6) is 0 Å². The SMILES string of the molecule is Cc1sc2ncnc(Sc3ccccc3C(=O)OCC(=O)Nc3sccc3C(N)=O)c2c1C. The molecule has 1 aromatic carbocycles. The standard InChI is InChI=1S/C22H18N4O4S3/c1-11-12(2)32-20-17(11)21(25-10-24-20)33-15-6-4-3-5-13(15)22(29)30-9-16(27)26-19-14(18(23)28)7-8-31-19/h3-8,10H,9H2,1-2H3,(H2,23,28)(H,26,27). The van der Waals surface area contributed by atoms with Gasteiger partial charge in [-0.05, 0) is 43.0 Å². The van der Waals surface area contributed by atoms with Gasteiger partial charge in [-0.2, -0.15) is 0 Å². The number of nitrogens with zero attached hydrogens (tertiary/aromatic N) is 2. The van der Waals surface area contributed by atoms with Crippen molar-refractivity contribution in [3.8, 4) is 0 Å². The first-order valence-corrected chi connectivity index (χ1v) is 12.2. The third kappa shape index (κ3) is 4.90. The molecule has 0 atom stereocenters. The fourth-order valence-corrected chi connectivity index (χ4v) is 5.97. The maximum atomic E-state index is 12.8. The van der Waals surface area contributed by atoms with Gasteiger partial charge in [-0.15, -0.1) is 22.7 Å². The van der Waals surface area contributed by atoms with Gasteiger partial charge in [-0.1, -0.05) is 23.9 Å². The molecule has 4 aromatic rings. The molecule has 168 valence electrons. The van der Waals surface area contributed by atoms with Gasteiger partial charge in [0.05, 0.1) is 11.1 Å². The van der Waals surface area contributed by atoms with Crippen LogP contribution in [0.2, 0.25) is 0 Å². The molecule has 3 heterocycles. The van der Waals surface area contributed by atoms with Crippen molar-refractivity contribution in [3.05, 3.63) is 63.6 Å². The monoisotopic (exact) mass is 498 g/mol. The summed E-state index contributed by atoms with van der Waals surface area (Å²) < 4.78 is 5.23. The summed E-state index contributed by atoms with van der Waals surface area (Å²) in [6.45, 7) is 3.56. The van der Waals surface area contributed by atoms with E-state index >= 15 is 0 Å². The van der Waals surface area contributed by atoms with Gasteiger partial charge in [0.15, 0.2) is 6.61 Å². The Kier molecular flexibility index (Phi) is 6.72. The molecule has 0 aliphatic carbocycles. The molecular formula is C22H18N4O4S3. The van der Waals surface area contributed by atoms with Crippen molar-refractivity contribution in [2.45, 2.75) is 23.8 Å². The normalized spacial score (nSPS) is 10.8. The van der Waals surface area contributed by atoms with E-state index in [9.17, 15) is 14.4 Å². The number of carbonyl (C=O) groups excluding carboxylic acids is 3. The summed E-state index contributed by atoms with van der Waals surface area (Å²) in [6, 6.07) is 8.49. The van der Waals surface area contributed by atoms with E-state index in [0.29, 0.717) is 15.5 Å². The molecule has 0 radical (unpaired) electrons. The third-order valence-electron chi connectivity index (χ3n) is 4.76. The van der Waals surface area contributed by atoms with Gasteiger partial charge < -0.3 is 15.8 Å². The Morgan fingerprint density at radius 2 is 1.91 bits per heavy atom. The molecule has 0 unspecified atom stereocenters. The number of aromatic nitrogens is 2. The number of anilines is 1. The number of primary amides is 1. The molecule has 0 saturated carbocycles. The number of fused-ring (bicyclic) bond motifs is 1. The van der Waals surface area contributed by atoms with Crippen molar-refractivity contribution in [3.63, 3.8) is 0 Å². The van der Waals surface area contributed by atoms with Gasteiger partial charge in [0.25, 0.3) is 11.8 Å². The van der Waals surface area contributed by atoms with E-state index in [1.807, 2.05) is 19.9 Å². The quantitative estimate of drug-likeness (QED) is 0.286. The molecule has 0 aliphatic heterocycles. The Labute approximate surface area is 201 Å². The third-order valence-corrected chi connectivity index (χ3v) is 7.79. The molecule has 3 N–H and O–H groups in total. The lowest BCUT2D eigenvalue weighted by atomic mass is 10.2. The zero-order valence-electron chi connectivity index (χ0n) is 17.6. The Morgan fingerprint density at radius 1 is 1.12 bits per heavy atom. The summed E-state index contributed by atoms with van der Waals surface area (Å²) in [4.78, 5) is 47.8. The summed E-state index contributed by atoms with van der Waals surface area (Å²) in [5.41, 5.74) is 6.91.